The summed E-state index contributed by atoms with van der Waals surface area (Å²) in [6.07, 6.45) is -4.42. The van der Waals surface area contributed by atoms with Crippen LogP contribution in [0.3, 0.4) is 0 Å². The van der Waals surface area contributed by atoms with Crippen LogP contribution in [0.15, 0.2) is 18.2 Å². The van der Waals surface area contributed by atoms with Crippen LogP contribution in [0.4, 0.5) is 13.2 Å². The summed E-state index contributed by atoms with van der Waals surface area (Å²) < 4.78 is 36.6. The van der Waals surface area contributed by atoms with E-state index in [1.165, 1.54) is 18.2 Å². The van der Waals surface area contributed by atoms with Gasteiger partial charge < -0.3 is 5.73 Å². The summed E-state index contributed by atoms with van der Waals surface area (Å²) in [5.74, 6) is 0. The van der Waals surface area contributed by atoms with E-state index in [4.69, 9.17) is 17.3 Å². The molecule has 0 fully saturated rings. The summed E-state index contributed by atoms with van der Waals surface area (Å²) in [6, 6.07) is 2.10. The van der Waals surface area contributed by atoms with Gasteiger partial charge in [0.15, 0.2) is 0 Å². The van der Waals surface area contributed by atoms with Gasteiger partial charge in [-0.15, -0.1) is 0 Å². The van der Waals surface area contributed by atoms with Crippen molar-refractivity contribution in [2.45, 2.75) is 19.1 Å². The van der Waals surface area contributed by atoms with Gasteiger partial charge in [0.05, 0.1) is 0 Å². The molecule has 1 unspecified atom stereocenters. The minimum atomic E-state index is -4.42. The van der Waals surface area contributed by atoms with E-state index in [1.54, 1.807) is 6.92 Å². The minimum Gasteiger partial charge on any atom is -0.316 e. The van der Waals surface area contributed by atoms with Crippen molar-refractivity contribution in [2.24, 2.45) is 5.73 Å². The Morgan fingerprint density at radius 1 is 1.36 bits per heavy atom. The van der Waals surface area contributed by atoms with Gasteiger partial charge >= 0.3 is 6.18 Å². The fraction of sp³-hybridized carbons (Fsp3) is 0.333. The van der Waals surface area contributed by atoms with Crippen LogP contribution in [0.2, 0.25) is 5.02 Å². The zero-order valence-electron chi connectivity index (χ0n) is 7.40. The van der Waals surface area contributed by atoms with Gasteiger partial charge in [-0.25, -0.2) is 0 Å². The van der Waals surface area contributed by atoms with Crippen LogP contribution in [0.25, 0.3) is 0 Å². The zero-order valence-corrected chi connectivity index (χ0v) is 8.15. The summed E-state index contributed by atoms with van der Waals surface area (Å²) in [5, 5.41) is 0.433. The summed E-state index contributed by atoms with van der Waals surface area (Å²) >= 11 is 5.68. The number of alkyl halides is 3. The Morgan fingerprint density at radius 2 is 1.93 bits per heavy atom. The van der Waals surface area contributed by atoms with Crippen LogP contribution in [-0.2, 0) is 0 Å². The van der Waals surface area contributed by atoms with Gasteiger partial charge in [0.2, 0.25) is 0 Å². The molecule has 0 aliphatic heterocycles. The molecule has 2 N–H and O–H groups in total. The van der Waals surface area contributed by atoms with Gasteiger partial charge in [-0.05, 0) is 24.1 Å². The van der Waals surface area contributed by atoms with Crippen molar-refractivity contribution in [1.29, 1.82) is 0 Å². The van der Waals surface area contributed by atoms with Gasteiger partial charge in [-0.1, -0.05) is 23.7 Å². The molecule has 1 aromatic carbocycles. The van der Waals surface area contributed by atoms with Crippen LogP contribution in [0, 0.1) is 6.92 Å². The summed E-state index contributed by atoms with van der Waals surface area (Å²) in [5.41, 5.74) is 5.64. The molecule has 0 aliphatic carbocycles. The molecule has 0 spiro atoms. The third-order valence-corrected chi connectivity index (χ3v) is 2.32. The van der Waals surface area contributed by atoms with Gasteiger partial charge in [0.1, 0.15) is 6.04 Å². The lowest BCUT2D eigenvalue weighted by atomic mass is 10.1. The molecule has 0 bridgehead atoms. The van der Waals surface area contributed by atoms with Gasteiger partial charge in [0, 0.05) is 5.02 Å². The van der Waals surface area contributed by atoms with Gasteiger partial charge in [-0.3, -0.25) is 0 Å². The molecule has 1 nitrogen and oxygen atoms in total. The van der Waals surface area contributed by atoms with Crippen molar-refractivity contribution in [3.05, 3.63) is 34.3 Å². The van der Waals surface area contributed by atoms with Crippen molar-refractivity contribution in [3.8, 4) is 0 Å². The molecule has 78 valence electrons. The van der Waals surface area contributed by atoms with Crippen molar-refractivity contribution >= 4 is 11.6 Å². The Kier molecular flexibility index (Phi) is 3.07. The Labute approximate surface area is 84.7 Å². The molecule has 14 heavy (non-hydrogen) atoms. The SMILES string of the molecule is Cc1cc(C(N)C(F)(F)F)ccc1Cl. The minimum absolute atomic E-state index is 0.0272. The Bertz CT molecular complexity index is 335. The highest BCUT2D eigenvalue weighted by atomic mass is 35.5. The fourth-order valence-corrected chi connectivity index (χ4v) is 1.17. The zero-order chi connectivity index (χ0) is 10.9. The molecule has 0 saturated carbocycles. The van der Waals surface area contributed by atoms with E-state index in [0.29, 0.717) is 10.6 Å². The molecule has 0 radical (unpaired) electrons. The van der Waals surface area contributed by atoms with Crippen LogP contribution in [0.5, 0.6) is 0 Å². The van der Waals surface area contributed by atoms with Crippen molar-refractivity contribution in [2.75, 3.05) is 0 Å². The van der Waals surface area contributed by atoms with Crippen LogP contribution in [0.1, 0.15) is 17.2 Å². The first-order chi connectivity index (χ1) is 6.32. The van der Waals surface area contributed by atoms with E-state index in [0.717, 1.165) is 0 Å². The average Bonchev–Trinajstić information content (AvgIpc) is 2.07. The van der Waals surface area contributed by atoms with Crippen molar-refractivity contribution in [1.82, 2.24) is 0 Å². The van der Waals surface area contributed by atoms with Crippen LogP contribution < -0.4 is 5.73 Å². The second kappa shape index (κ2) is 3.79. The van der Waals surface area contributed by atoms with Crippen molar-refractivity contribution in [3.63, 3.8) is 0 Å². The highest BCUT2D eigenvalue weighted by Gasteiger charge is 2.37. The molecular formula is C9H9ClF3N. The third-order valence-electron chi connectivity index (χ3n) is 1.89. The summed E-state index contributed by atoms with van der Waals surface area (Å²) in [4.78, 5) is 0. The summed E-state index contributed by atoms with van der Waals surface area (Å²) in [7, 11) is 0. The maximum absolute atomic E-state index is 12.2. The number of halogens is 4. The number of aryl methyl sites for hydroxylation is 1. The predicted octanol–water partition coefficient (Wildman–Crippen LogP) is 3.21. The molecule has 0 aliphatic rings. The predicted molar refractivity (Wildman–Crippen MR) is 49.2 cm³/mol. The first-order valence-corrected chi connectivity index (χ1v) is 4.28. The van der Waals surface area contributed by atoms with Crippen LogP contribution in [-0.4, -0.2) is 6.18 Å². The molecule has 0 heterocycles. The van der Waals surface area contributed by atoms with Crippen LogP contribution >= 0.6 is 11.6 Å². The largest absolute Gasteiger partial charge is 0.407 e. The molecule has 0 amide bonds. The lowest BCUT2D eigenvalue weighted by Gasteiger charge is -2.16. The van der Waals surface area contributed by atoms with Gasteiger partial charge in [0.25, 0.3) is 0 Å². The molecule has 1 atom stereocenters. The first-order valence-electron chi connectivity index (χ1n) is 3.90. The third kappa shape index (κ3) is 2.39. The molecule has 1 rings (SSSR count). The molecule has 0 saturated heterocycles. The maximum Gasteiger partial charge on any atom is 0.407 e. The quantitative estimate of drug-likeness (QED) is 0.777. The molecule has 5 heteroatoms. The highest BCUT2D eigenvalue weighted by molar-refractivity contribution is 6.31. The standard InChI is InChI=1S/C9H9ClF3N/c1-5-4-6(2-3-7(5)10)8(14)9(11,12)13/h2-4,8H,14H2,1H3. The number of nitrogens with two attached hydrogens (primary N) is 1. The monoisotopic (exact) mass is 223 g/mol. The Morgan fingerprint density at radius 3 is 2.36 bits per heavy atom. The van der Waals surface area contributed by atoms with E-state index in [-0.39, 0.29) is 5.56 Å². The number of hydrogen-bond acceptors (Lipinski definition) is 1. The Balaban J connectivity index is 3.03. The van der Waals surface area contributed by atoms with Crippen molar-refractivity contribution < 1.29 is 13.2 Å². The topological polar surface area (TPSA) is 26.0 Å². The first kappa shape index (κ1) is 11.3. The van der Waals surface area contributed by atoms with E-state index in [1.807, 2.05) is 0 Å². The van der Waals surface area contributed by atoms with E-state index >= 15 is 0 Å². The number of benzene rings is 1. The lowest BCUT2D eigenvalue weighted by Crippen LogP contribution is -2.28. The average molecular weight is 224 g/mol. The smallest absolute Gasteiger partial charge is 0.316 e. The van der Waals surface area contributed by atoms with E-state index < -0.39 is 12.2 Å². The van der Waals surface area contributed by atoms with E-state index in [2.05, 4.69) is 0 Å². The lowest BCUT2D eigenvalue weighted by molar-refractivity contribution is -0.149. The Hall–Kier alpha value is -0.740. The second-order valence-electron chi connectivity index (χ2n) is 3.03. The molecular weight excluding hydrogens is 215 g/mol. The van der Waals surface area contributed by atoms with Gasteiger partial charge in [-0.2, -0.15) is 13.2 Å². The summed E-state index contributed by atoms with van der Waals surface area (Å²) in [6.45, 7) is 1.63. The maximum atomic E-state index is 12.2. The highest BCUT2D eigenvalue weighted by Crippen LogP contribution is 2.31. The number of hydrogen-bond donors (Lipinski definition) is 1. The second-order valence-corrected chi connectivity index (χ2v) is 3.44. The van der Waals surface area contributed by atoms with E-state index in [9.17, 15) is 13.2 Å². The fourth-order valence-electron chi connectivity index (χ4n) is 1.05. The molecule has 0 aromatic heterocycles. The number of rotatable bonds is 1. The normalized spacial score (nSPS) is 14.1. The molecule has 1 aromatic rings.